The van der Waals surface area contributed by atoms with Crippen LogP contribution in [-0.4, -0.2) is 36.7 Å². The lowest BCUT2D eigenvalue weighted by Gasteiger charge is -2.27. The molecule has 1 aliphatic rings. The Bertz CT molecular complexity index is 430. The fourth-order valence-electron chi connectivity index (χ4n) is 2.59. The highest BCUT2D eigenvalue weighted by Crippen LogP contribution is 2.16. The van der Waals surface area contributed by atoms with Crippen molar-refractivity contribution in [3.05, 3.63) is 35.4 Å². The lowest BCUT2D eigenvalue weighted by molar-refractivity contribution is 0.0411. The van der Waals surface area contributed by atoms with Crippen LogP contribution in [0.2, 0.25) is 0 Å². The Morgan fingerprint density at radius 3 is 3.05 bits per heavy atom. The molecule has 1 aromatic rings. The minimum absolute atomic E-state index is 0.463. The molecule has 0 aromatic heterocycles. The van der Waals surface area contributed by atoms with Crippen molar-refractivity contribution in [3.63, 3.8) is 0 Å². The molecule has 1 atom stereocenters. The molecule has 104 valence electrons. The lowest BCUT2D eigenvalue weighted by Crippen LogP contribution is -2.30. The van der Waals surface area contributed by atoms with Crippen LogP contribution in [0.1, 0.15) is 24.0 Å². The van der Waals surface area contributed by atoms with E-state index in [4.69, 9.17) is 22.7 Å². The summed E-state index contributed by atoms with van der Waals surface area (Å²) in [6.45, 7) is 3.83. The molecule has 0 saturated carbocycles. The van der Waals surface area contributed by atoms with E-state index in [1.807, 2.05) is 12.1 Å². The van der Waals surface area contributed by atoms with Crippen molar-refractivity contribution >= 4 is 17.2 Å². The SMILES string of the molecule is CN(Cc1cccc(C(N)=S)c1)CC1CCCOC1. The fourth-order valence-corrected chi connectivity index (χ4v) is 2.72. The van der Waals surface area contributed by atoms with E-state index in [1.54, 1.807) is 0 Å². The first-order valence-electron chi connectivity index (χ1n) is 6.80. The van der Waals surface area contributed by atoms with Gasteiger partial charge in [0.05, 0.1) is 6.61 Å². The zero-order valence-corrected chi connectivity index (χ0v) is 12.3. The van der Waals surface area contributed by atoms with Gasteiger partial charge in [-0.15, -0.1) is 0 Å². The van der Waals surface area contributed by atoms with Crippen molar-refractivity contribution in [3.8, 4) is 0 Å². The molecule has 4 heteroatoms. The van der Waals surface area contributed by atoms with Crippen LogP contribution in [0.4, 0.5) is 0 Å². The van der Waals surface area contributed by atoms with Crippen LogP contribution in [0.5, 0.6) is 0 Å². The summed E-state index contributed by atoms with van der Waals surface area (Å²) in [5, 5.41) is 0. The van der Waals surface area contributed by atoms with Gasteiger partial charge in [-0.3, -0.25) is 0 Å². The molecule has 0 amide bonds. The minimum Gasteiger partial charge on any atom is -0.389 e. The third kappa shape index (κ3) is 4.56. The quantitative estimate of drug-likeness (QED) is 0.838. The predicted octanol–water partition coefficient (Wildman–Crippen LogP) is 2.18. The molecule has 1 saturated heterocycles. The Kier molecular flexibility index (Phi) is 5.31. The smallest absolute Gasteiger partial charge is 0.103 e. The summed E-state index contributed by atoms with van der Waals surface area (Å²) in [6.07, 6.45) is 2.46. The Morgan fingerprint density at radius 2 is 2.37 bits per heavy atom. The van der Waals surface area contributed by atoms with E-state index in [1.165, 1.54) is 18.4 Å². The fraction of sp³-hybridized carbons (Fsp3) is 0.533. The van der Waals surface area contributed by atoms with Gasteiger partial charge in [0.15, 0.2) is 0 Å². The average Bonchev–Trinajstić information content (AvgIpc) is 2.40. The largest absolute Gasteiger partial charge is 0.389 e. The van der Waals surface area contributed by atoms with Gasteiger partial charge >= 0.3 is 0 Å². The van der Waals surface area contributed by atoms with Crippen molar-refractivity contribution in [2.45, 2.75) is 19.4 Å². The van der Waals surface area contributed by atoms with Crippen molar-refractivity contribution in [1.82, 2.24) is 4.90 Å². The van der Waals surface area contributed by atoms with Crippen LogP contribution in [-0.2, 0) is 11.3 Å². The Morgan fingerprint density at radius 1 is 1.53 bits per heavy atom. The van der Waals surface area contributed by atoms with Gasteiger partial charge in [0.25, 0.3) is 0 Å². The van der Waals surface area contributed by atoms with Crippen molar-refractivity contribution in [2.75, 3.05) is 26.8 Å². The van der Waals surface area contributed by atoms with Gasteiger partial charge in [-0.1, -0.05) is 30.4 Å². The Hall–Kier alpha value is -0.970. The second-order valence-electron chi connectivity index (χ2n) is 5.34. The summed E-state index contributed by atoms with van der Waals surface area (Å²) in [6, 6.07) is 8.17. The number of hydrogen-bond donors (Lipinski definition) is 1. The molecule has 1 aliphatic heterocycles. The van der Waals surface area contributed by atoms with Gasteiger partial charge in [-0.05, 0) is 37.4 Å². The predicted molar refractivity (Wildman–Crippen MR) is 82.2 cm³/mol. The highest BCUT2D eigenvalue weighted by molar-refractivity contribution is 7.80. The minimum atomic E-state index is 0.463. The van der Waals surface area contributed by atoms with Gasteiger partial charge in [-0.2, -0.15) is 0 Å². The molecule has 3 nitrogen and oxygen atoms in total. The zero-order chi connectivity index (χ0) is 13.7. The molecule has 2 rings (SSSR count). The molecule has 1 unspecified atom stereocenters. The van der Waals surface area contributed by atoms with E-state index < -0.39 is 0 Å². The van der Waals surface area contributed by atoms with Crippen molar-refractivity contribution < 1.29 is 4.74 Å². The zero-order valence-electron chi connectivity index (χ0n) is 11.5. The van der Waals surface area contributed by atoms with Crippen molar-refractivity contribution in [2.24, 2.45) is 11.7 Å². The highest BCUT2D eigenvalue weighted by Gasteiger charge is 2.15. The van der Waals surface area contributed by atoms with E-state index in [-0.39, 0.29) is 0 Å². The second-order valence-corrected chi connectivity index (χ2v) is 5.78. The number of thiocarbonyl (C=S) groups is 1. The summed E-state index contributed by atoms with van der Waals surface area (Å²) in [7, 11) is 2.15. The monoisotopic (exact) mass is 278 g/mol. The summed E-state index contributed by atoms with van der Waals surface area (Å²) in [5.41, 5.74) is 7.86. The maximum Gasteiger partial charge on any atom is 0.103 e. The van der Waals surface area contributed by atoms with Gasteiger partial charge in [-0.25, -0.2) is 0 Å². The van der Waals surface area contributed by atoms with Crippen LogP contribution >= 0.6 is 12.2 Å². The first-order valence-corrected chi connectivity index (χ1v) is 7.21. The van der Waals surface area contributed by atoms with E-state index in [0.29, 0.717) is 10.9 Å². The molecule has 0 aliphatic carbocycles. The van der Waals surface area contributed by atoms with Gasteiger partial charge in [0.1, 0.15) is 4.99 Å². The summed E-state index contributed by atoms with van der Waals surface area (Å²) >= 11 is 5.01. The molecule has 2 N–H and O–H groups in total. The van der Waals surface area contributed by atoms with Crippen LogP contribution < -0.4 is 5.73 Å². The Balaban J connectivity index is 1.88. The number of nitrogens with zero attached hydrogens (tertiary/aromatic N) is 1. The average molecular weight is 278 g/mol. The summed E-state index contributed by atoms with van der Waals surface area (Å²) < 4.78 is 5.52. The number of hydrogen-bond acceptors (Lipinski definition) is 3. The number of rotatable bonds is 5. The second kappa shape index (κ2) is 6.98. The molecule has 0 radical (unpaired) electrons. The molecule has 19 heavy (non-hydrogen) atoms. The third-order valence-electron chi connectivity index (χ3n) is 3.49. The van der Waals surface area contributed by atoms with Crippen LogP contribution in [0.15, 0.2) is 24.3 Å². The standard InChI is InChI=1S/C15H22N2OS/c1-17(10-13-5-3-7-18-11-13)9-12-4-2-6-14(8-12)15(16)19/h2,4,6,8,13H,3,5,7,9-11H2,1H3,(H2,16,19). The number of ether oxygens (including phenoxy) is 1. The first kappa shape index (κ1) is 14.4. The van der Waals surface area contributed by atoms with E-state index in [0.717, 1.165) is 31.9 Å². The molecule has 0 bridgehead atoms. The van der Waals surface area contributed by atoms with Crippen LogP contribution in [0.25, 0.3) is 0 Å². The van der Waals surface area contributed by atoms with Gasteiger partial charge in [0, 0.05) is 25.3 Å². The lowest BCUT2D eigenvalue weighted by atomic mass is 10.0. The summed E-state index contributed by atoms with van der Waals surface area (Å²) in [4.78, 5) is 2.81. The van der Waals surface area contributed by atoms with Crippen molar-refractivity contribution in [1.29, 1.82) is 0 Å². The first-order chi connectivity index (χ1) is 9.15. The molecular formula is C15H22N2OS. The molecular weight excluding hydrogens is 256 g/mol. The topological polar surface area (TPSA) is 38.5 Å². The van der Waals surface area contributed by atoms with Crippen LogP contribution in [0.3, 0.4) is 0 Å². The third-order valence-corrected chi connectivity index (χ3v) is 3.72. The highest BCUT2D eigenvalue weighted by atomic mass is 32.1. The molecule has 1 fully saturated rings. The van der Waals surface area contributed by atoms with Crippen LogP contribution in [0, 0.1) is 5.92 Å². The maximum absolute atomic E-state index is 5.66. The van der Waals surface area contributed by atoms with Gasteiger partial charge in [0.2, 0.25) is 0 Å². The number of nitrogens with two attached hydrogens (primary N) is 1. The van der Waals surface area contributed by atoms with E-state index in [2.05, 4.69) is 24.1 Å². The van der Waals surface area contributed by atoms with E-state index >= 15 is 0 Å². The molecule has 0 spiro atoms. The molecule has 1 heterocycles. The maximum atomic E-state index is 5.66. The normalized spacial score (nSPS) is 19.6. The van der Waals surface area contributed by atoms with Gasteiger partial charge < -0.3 is 15.4 Å². The van der Waals surface area contributed by atoms with E-state index in [9.17, 15) is 0 Å². The summed E-state index contributed by atoms with van der Waals surface area (Å²) in [5.74, 6) is 0.664. The molecule has 1 aromatic carbocycles. The number of benzene rings is 1. The Labute approximate surface area is 120 Å².